The van der Waals surface area contributed by atoms with E-state index in [9.17, 15) is 14.0 Å². The molecule has 0 radical (unpaired) electrons. The molecule has 1 saturated carbocycles. The molecule has 1 aliphatic rings. The van der Waals surface area contributed by atoms with Gasteiger partial charge in [0.2, 0.25) is 11.8 Å². The number of nitrogens with one attached hydrogen (secondary N) is 3. The molecule has 3 N–H and O–H groups in total. The van der Waals surface area contributed by atoms with Crippen LogP contribution in [-0.4, -0.2) is 28.6 Å². The highest BCUT2D eigenvalue weighted by atomic mass is 35.5. The van der Waals surface area contributed by atoms with E-state index in [4.69, 9.17) is 0 Å². The molecular weight excluding hydrogens is 397 g/mol. The molecule has 1 aromatic carbocycles. The van der Waals surface area contributed by atoms with Crippen molar-refractivity contribution in [3.05, 3.63) is 42.0 Å². The Morgan fingerprint density at radius 3 is 2.55 bits per heavy atom. The van der Waals surface area contributed by atoms with Gasteiger partial charge in [-0.1, -0.05) is 19.3 Å². The lowest BCUT2D eigenvalue weighted by Gasteiger charge is -2.21. The number of hydrogen-bond donors (Lipinski definition) is 3. The van der Waals surface area contributed by atoms with Crippen LogP contribution in [0.25, 0.3) is 0 Å². The second kappa shape index (κ2) is 10.4. The average molecular weight is 424 g/mol. The lowest BCUT2D eigenvalue weighted by Crippen LogP contribution is -2.30. The van der Waals surface area contributed by atoms with Crippen molar-refractivity contribution in [2.75, 3.05) is 17.7 Å². The molecule has 158 valence electrons. The molecule has 2 aromatic rings. The third-order valence-electron chi connectivity index (χ3n) is 5.08. The predicted octanol–water partition coefficient (Wildman–Crippen LogP) is 3.40. The van der Waals surface area contributed by atoms with E-state index in [1.165, 1.54) is 18.2 Å². The van der Waals surface area contributed by atoms with Crippen molar-refractivity contribution in [1.29, 1.82) is 0 Å². The van der Waals surface area contributed by atoms with Gasteiger partial charge in [0.05, 0.1) is 11.9 Å². The van der Waals surface area contributed by atoms with Crippen LogP contribution in [0.2, 0.25) is 0 Å². The fraction of sp³-hybridized carbons (Fsp3) is 0.450. The van der Waals surface area contributed by atoms with Crippen LogP contribution in [-0.2, 0) is 16.6 Å². The van der Waals surface area contributed by atoms with Crippen LogP contribution in [0.15, 0.2) is 30.6 Å². The van der Waals surface area contributed by atoms with Gasteiger partial charge in [-0.2, -0.15) is 5.10 Å². The third-order valence-corrected chi connectivity index (χ3v) is 5.08. The quantitative estimate of drug-likeness (QED) is 0.664. The van der Waals surface area contributed by atoms with Crippen LogP contribution in [0.4, 0.5) is 15.8 Å². The van der Waals surface area contributed by atoms with Crippen LogP contribution >= 0.6 is 12.4 Å². The van der Waals surface area contributed by atoms with E-state index in [0.29, 0.717) is 5.69 Å². The Kier molecular flexibility index (Phi) is 8.16. The van der Waals surface area contributed by atoms with Crippen molar-refractivity contribution in [2.45, 2.75) is 38.1 Å². The van der Waals surface area contributed by atoms with Gasteiger partial charge in [-0.05, 0) is 38.1 Å². The smallest absolute Gasteiger partial charge is 0.246 e. The predicted molar refractivity (Wildman–Crippen MR) is 112 cm³/mol. The van der Waals surface area contributed by atoms with E-state index in [1.807, 2.05) is 0 Å². The molecule has 0 bridgehead atoms. The number of amides is 2. The minimum atomic E-state index is -0.598. The van der Waals surface area contributed by atoms with E-state index < -0.39 is 11.9 Å². The summed E-state index contributed by atoms with van der Waals surface area (Å²) in [7, 11) is 3.45. The van der Waals surface area contributed by atoms with Gasteiger partial charge >= 0.3 is 0 Å². The molecule has 1 aromatic heterocycles. The number of halogens is 2. The fourth-order valence-electron chi connectivity index (χ4n) is 3.55. The Labute approximate surface area is 175 Å². The number of anilines is 2. The van der Waals surface area contributed by atoms with Crippen molar-refractivity contribution >= 4 is 35.6 Å². The topological polar surface area (TPSA) is 88.1 Å². The number of nitrogens with zero attached hydrogens (tertiary/aromatic N) is 2. The fourth-order valence-corrected chi connectivity index (χ4v) is 3.55. The van der Waals surface area contributed by atoms with Crippen LogP contribution in [0.1, 0.15) is 43.7 Å². The zero-order valence-electron chi connectivity index (χ0n) is 16.6. The molecular formula is C20H27ClFN5O2. The molecule has 1 unspecified atom stereocenters. The van der Waals surface area contributed by atoms with Gasteiger partial charge in [0.1, 0.15) is 11.9 Å². The standard InChI is InChI=1S/C20H26FN5O2.ClH/c1-22-18(14-11-23-26(2)12-14)20(28)24-15-8-9-16(21)17(10-15)25-19(27)13-6-4-3-5-7-13;/h8-13,18,22H,3-7H2,1-2H3,(H,24,28)(H,25,27);1H. The molecule has 0 aliphatic heterocycles. The highest BCUT2D eigenvalue weighted by Crippen LogP contribution is 2.27. The number of aryl methyl sites for hydroxylation is 1. The van der Waals surface area contributed by atoms with Gasteiger partial charge in [0.25, 0.3) is 0 Å². The second-order valence-electron chi connectivity index (χ2n) is 7.18. The maximum atomic E-state index is 14.2. The second-order valence-corrected chi connectivity index (χ2v) is 7.18. The van der Waals surface area contributed by atoms with E-state index in [2.05, 4.69) is 21.0 Å². The SMILES string of the molecule is CNC(C(=O)Nc1ccc(F)c(NC(=O)C2CCCCC2)c1)c1cnn(C)c1.Cl. The molecule has 1 aliphatic carbocycles. The van der Waals surface area contributed by atoms with Gasteiger partial charge in [-0.3, -0.25) is 14.3 Å². The molecule has 29 heavy (non-hydrogen) atoms. The summed E-state index contributed by atoms with van der Waals surface area (Å²) in [6, 6.07) is 3.56. The van der Waals surface area contributed by atoms with Crippen molar-refractivity contribution < 1.29 is 14.0 Å². The lowest BCUT2D eigenvalue weighted by molar-refractivity contribution is -0.120. The summed E-state index contributed by atoms with van der Waals surface area (Å²) >= 11 is 0. The van der Waals surface area contributed by atoms with Crippen molar-refractivity contribution in [3.8, 4) is 0 Å². The first-order chi connectivity index (χ1) is 13.5. The highest BCUT2D eigenvalue weighted by Gasteiger charge is 2.23. The highest BCUT2D eigenvalue weighted by molar-refractivity contribution is 5.97. The van der Waals surface area contributed by atoms with Crippen LogP contribution in [0, 0.1) is 11.7 Å². The molecule has 1 fully saturated rings. The molecule has 1 atom stereocenters. The van der Waals surface area contributed by atoms with Crippen molar-refractivity contribution in [1.82, 2.24) is 15.1 Å². The number of rotatable bonds is 6. The summed E-state index contributed by atoms with van der Waals surface area (Å²) < 4.78 is 15.8. The Balaban J connectivity index is 0.00000300. The van der Waals surface area contributed by atoms with Crippen LogP contribution in [0.5, 0.6) is 0 Å². The minimum Gasteiger partial charge on any atom is -0.324 e. The van der Waals surface area contributed by atoms with Crippen molar-refractivity contribution in [3.63, 3.8) is 0 Å². The maximum Gasteiger partial charge on any atom is 0.246 e. The minimum absolute atomic E-state index is 0. The molecule has 3 rings (SSSR count). The molecule has 0 spiro atoms. The van der Waals surface area contributed by atoms with E-state index >= 15 is 0 Å². The normalized spacial score (nSPS) is 15.3. The summed E-state index contributed by atoms with van der Waals surface area (Å²) in [4.78, 5) is 25.0. The number of likely N-dealkylation sites (N-methyl/N-ethyl adjacent to an activating group) is 1. The van der Waals surface area contributed by atoms with Gasteiger partial charge < -0.3 is 16.0 Å². The Hall–Kier alpha value is -2.45. The van der Waals surface area contributed by atoms with Gasteiger partial charge in [0.15, 0.2) is 0 Å². The maximum absolute atomic E-state index is 14.2. The Morgan fingerprint density at radius 1 is 1.21 bits per heavy atom. The summed E-state index contributed by atoms with van der Waals surface area (Å²) in [5, 5.41) is 12.5. The zero-order chi connectivity index (χ0) is 20.1. The third kappa shape index (κ3) is 5.77. The number of carbonyl (C=O) groups excluding carboxylic acids is 2. The summed E-state index contributed by atoms with van der Waals surface area (Å²) in [5.41, 5.74) is 1.21. The Bertz CT molecular complexity index is 851. The van der Waals surface area contributed by atoms with Gasteiger partial charge in [-0.25, -0.2) is 4.39 Å². The first-order valence-corrected chi connectivity index (χ1v) is 9.55. The summed E-state index contributed by atoms with van der Waals surface area (Å²) in [6.07, 6.45) is 8.22. The molecule has 0 saturated heterocycles. The molecule has 7 nitrogen and oxygen atoms in total. The molecule has 1 heterocycles. The zero-order valence-corrected chi connectivity index (χ0v) is 17.4. The average Bonchev–Trinajstić information content (AvgIpc) is 3.11. The van der Waals surface area contributed by atoms with E-state index in [0.717, 1.165) is 37.7 Å². The lowest BCUT2D eigenvalue weighted by atomic mass is 9.88. The van der Waals surface area contributed by atoms with Crippen molar-refractivity contribution in [2.24, 2.45) is 13.0 Å². The number of aromatic nitrogens is 2. The largest absolute Gasteiger partial charge is 0.324 e. The summed E-state index contributed by atoms with van der Waals surface area (Å²) in [5.74, 6) is -1.07. The number of carbonyl (C=O) groups is 2. The number of benzene rings is 1. The van der Waals surface area contributed by atoms with Gasteiger partial charge in [-0.15, -0.1) is 12.4 Å². The van der Waals surface area contributed by atoms with Gasteiger partial charge in [0, 0.05) is 30.4 Å². The first kappa shape index (κ1) is 22.8. The van der Waals surface area contributed by atoms with E-state index in [-0.39, 0.29) is 35.8 Å². The first-order valence-electron chi connectivity index (χ1n) is 9.55. The van der Waals surface area contributed by atoms with Crippen LogP contribution in [0.3, 0.4) is 0 Å². The molecule has 9 heteroatoms. The summed E-state index contributed by atoms with van der Waals surface area (Å²) in [6.45, 7) is 0. The van der Waals surface area contributed by atoms with Crippen LogP contribution < -0.4 is 16.0 Å². The van der Waals surface area contributed by atoms with E-state index in [1.54, 1.807) is 31.2 Å². The molecule has 2 amide bonds. The monoisotopic (exact) mass is 423 g/mol. The Morgan fingerprint density at radius 2 is 1.93 bits per heavy atom. The number of hydrogen-bond acceptors (Lipinski definition) is 4.